The van der Waals surface area contributed by atoms with Crippen LogP contribution in [-0.2, 0) is 7.05 Å². The molecule has 7 heteroatoms. The number of hydrogen-bond acceptors (Lipinski definition) is 4. The first-order valence-electron chi connectivity index (χ1n) is 5.91. The van der Waals surface area contributed by atoms with Crippen LogP contribution in [-0.4, -0.2) is 26.7 Å². The summed E-state index contributed by atoms with van der Waals surface area (Å²) in [5.74, 6) is -0.369. The molecule has 0 bridgehead atoms. The minimum atomic E-state index is -0.317. The van der Waals surface area contributed by atoms with Crippen molar-refractivity contribution in [2.24, 2.45) is 17.9 Å². The molecule has 20 heavy (non-hydrogen) atoms. The number of carbonyl (C=O) groups excluding carboxylic acids is 1. The molecule has 0 radical (unpaired) electrons. The van der Waals surface area contributed by atoms with Gasteiger partial charge in [-0.25, -0.2) is 0 Å². The van der Waals surface area contributed by atoms with Gasteiger partial charge in [0.2, 0.25) is 0 Å². The lowest BCUT2D eigenvalue weighted by molar-refractivity contribution is 0.101. The lowest BCUT2D eigenvalue weighted by atomic mass is 10.1. The smallest absolute Gasteiger partial charge is 0.273 e. The Hall–Kier alpha value is -2.83. The number of carbonyl (C=O) groups is 1. The van der Waals surface area contributed by atoms with Crippen LogP contribution in [0.5, 0.6) is 0 Å². The molecule has 2 rings (SSSR count). The molecule has 104 valence electrons. The number of nitrogens with two attached hydrogens (primary N) is 1. The predicted octanol–water partition coefficient (Wildman–Crippen LogP) is 1.08. The minimum Gasteiger partial charge on any atom is -0.409 e. The predicted molar refractivity (Wildman–Crippen MR) is 74.9 cm³/mol. The fraction of sp³-hybridized carbons (Fsp3) is 0.154. The fourth-order valence-electron chi connectivity index (χ4n) is 1.94. The lowest BCUT2D eigenvalue weighted by Crippen LogP contribution is -2.21. The van der Waals surface area contributed by atoms with Crippen molar-refractivity contribution in [1.82, 2.24) is 9.78 Å². The zero-order valence-corrected chi connectivity index (χ0v) is 11.2. The maximum atomic E-state index is 12.2. The van der Waals surface area contributed by atoms with E-state index in [4.69, 9.17) is 10.9 Å². The van der Waals surface area contributed by atoms with Gasteiger partial charge in [-0.2, -0.15) is 5.10 Å². The molecule has 0 atom stereocenters. The van der Waals surface area contributed by atoms with Gasteiger partial charge in [0.05, 0.1) is 5.69 Å². The molecule has 4 N–H and O–H groups in total. The first kappa shape index (κ1) is 13.6. The van der Waals surface area contributed by atoms with E-state index in [9.17, 15) is 4.79 Å². The second-order valence-electron chi connectivity index (χ2n) is 4.28. The fourth-order valence-corrected chi connectivity index (χ4v) is 1.94. The molecular weight excluding hydrogens is 258 g/mol. The molecule has 2 aromatic rings. The van der Waals surface area contributed by atoms with Crippen molar-refractivity contribution < 1.29 is 10.0 Å². The highest BCUT2D eigenvalue weighted by Crippen LogP contribution is 2.20. The summed E-state index contributed by atoms with van der Waals surface area (Å²) in [6.07, 6.45) is 1.54. The zero-order valence-electron chi connectivity index (χ0n) is 11.2. The molecule has 1 amide bonds. The number of amides is 1. The van der Waals surface area contributed by atoms with Crippen molar-refractivity contribution in [3.05, 3.63) is 47.3 Å². The zero-order chi connectivity index (χ0) is 14.7. The Morgan fingerprint density at radius 1 is 1.45 bits per heavy atom. The van der Waals surface area contributed by atoms with Crippen LogP contribution in [0.1, 0.15) is 21.6 Å². The van der Waals surface area contributed by atoms with Gasteiger partial charge in [0.15, 0.2) is 5.84 Å². The SMILES string of the molecule is Cc1cccc(NC(=O)c2ccnn2C)c1/C(N)=N/O. The van der Waals surface area contributed by atoms with E-state index >= 15 is 0 Å². The van der Waals surface area contributed by atoms with E-state index in [1.807, 2.05) is 13.0 Å². The van der Waals surface area contributed by atoms with E-state index in [0.717, 1.165) is 5.56 Å². The molecule has 0 saturated carbocycles. The molecule has 7 nitrogen and oxygen atoms in total. The van der Waals surface area contributed by atoms with Crippen molar-refractivity contribution in [3.8, 4) is 0 Å². The standard InChI is InChI=1S/C13H15N5O2/c1-8-4-3-5-9(11(8)12(14)17-20)16-13(19)10-6-7-15-18(10)2/h3-7,20H,1-2H3,(H2,14,17)(H,16,19). The molecule has 1 aromatic heterocycles. The number of nitrogens with zero attached hydrogens (tertiary/aromatic N) is 3. The molecule has 1 aromatic carbocycles. The second kappa shape index (κ2) is 5.43. The summed E-state index contributed by atoms with van der Waals surface area (Å²) in [5.41, 5.74) is 7.83. The number of nitrogens with one attached hydrogen (secondary N) is 1. The first-order chi connectivity index (χ1) is 9.54. The van der Waals surface area contributed by atoms with Gasteiger partial charge >= 0.3 is 0 Å². The number of hydrogen-bond donors (Lipinski definition) is 3. The first-order valence-corrected chi connectivity index (χ1v) is 5.91. The lowest BCUT2D eigenvalue weighted by Gasteiger charge is -2.12. The number of anilines is 1. The monoisotopic (exact) mass is 273 g/mol. The third-order valence-electron chi connectivity index (χ3n) is 2.94. The van der Waals surface area contributed by atoms with Crippen molar-refractivity contribution >= 4 is 17.4 Å². The second-order valence-corrected chi connectivity index (χ2v) is 4.28. The van der Waals surface area contributed by atoms with Crippen LogP contribution in [0.3, 0.4) is 0 Å². The Balaban J connectivity index is 2.38. The molecule has 0 aliphatic rings. The van der Waals surface area contributed by atoms with Gasteiger partial charge in [0.25, 0.3) is 5.91 Å². The molecule has 0 aliphatic carbocycles. The van der Waals surface area contributed by atoms with Crippen molar-refractivity contribution in [2.45, 2.75) is 6.92 Å². The van der Waals surface area contributed by atoms with Gasteiger partial charge in [-0.05, 0) is 24.6 Å². The Kier molecular flexibility index (Phi) is 3.69. The number of amidine groups is 1. The molecule has 1 heterocycles. The van der Waals surface area contributed by atoms with Gasteiger partial charge in [-0.1, -0.05) is 17.3 Å². The summed E-state index contributed by atoms with van der Waals surface area (Å²) < 4.78 is 1.47. The highest BCUT2D eigenvalue weighted by atomic mass is 16.4. The van der Waals surface area contributed by atoms with Crippen LogP contribution < -0.4 is 11.1 Å². The Bertz CT molecular complexity index is 675. The minimum absolute atomic E-state index is 0.0524. The summed E-state index contributed by atoms with van der Waals surface area (Å²) in [6.45, 7) is 1.81. The third-order valence-corrected chi connectivity index (χ3v) is 2.94. The van der Waals surface area contributed by atoms with Crippen LogP contribution in [0, 0.1) is 6.92 Å². The van der Waals surface area contributed by atoms with Crippen LogP contribution >= 0.6 is 0 Å². The van der Waals surface area contributed by atoms with Crippen LogP contribution in [0.4, 0.5) is 5.69 Å². The summed E-state index contributed by atoms with van der Waals surface area (Å²) in [6, 6.07) is 6.89. The topological polar surface area (TPSA) is 106 Å². The number of aryl methyl sites for hydroxylation is 2. The van der Waals surface area contributed by atoms with Crippen LogP contribution in [0.2, 0.25) is 0 Å². The highest BCUT2D eigenvalue weighted by Gasteiger charge is 2.15. The highest BCUT2D eigenvalue weighted by molar-refractivity contribution is 6.09. The van der Waals surface area contributed by atoms with Gasteiger partial charge in [0, 0.05) is 18.8 Å². The van der Waals surface area contributed by atoms with Crippen molar-refractivity contribution in [3.63, 3.8) is 0 Å². The van der Waals surface area contributed by atoms with E-state index < -0.39 is 0 Å². The van der Waals surface area contributed by atoms with Gasteiger partial charge in [-0.15, -0.1) is 0 Å². The van der Waals surface area contributed by atoms with E-state index in [-0.39, 0.29) is 11.7 Å². The van der Waals surface area contributed by atoms with E-state index in [0.29, 0.717) is 16.9 Å². The molecule has 0 spiro atoms. The Morgan fingerprint density at radius 3 is 2.80 bits per heavy atom. The molecule has 0 saturated heterocycles. The number of oxime groups is 1. The summed E-state index contributed by atoms with van der Waals surface area (Å²) in [4.78, 5) is 12.2. The van der Waals surface area contributed by atoms with Crippen LogP contribution in [0.15, 0.2) is 35.6 Å². The molecule has 0 fully saturated rings. The summed E-state index contributed by atoms with van der Waals surface area (Å²) in [5, 5.41) is 18.5. The van der Waals surface area contributed by atoms with Gasteiger partial charge < -0.3 is 16.3 Å². The Morgan fingerprint density at radius 2 is 2.20 bits per heavy atom. The average molecular weight is 273 g/mol. The van der Waals surface area contributed by atoms with Crippen LogP contribution in [0.25, 0.3) is 0 Å². The quantitative estimate of drug-likeness (QED) is 0.336. The van der Waals surface area contributed by atoms with Crippen molar-refractivity contribution in [1.29, 1.82) is 0 Å². The maximum absolute atomic E-state index is 12.2. The van der Waals surface area contributed by atoms with E-state index in [1.165, 1.54) is 10.9 Å². The molecular formula is C13H15N5O2. The summed E-state index contributed by atoms with van der Waals surface area (Å²) >= 11 is 0. The summed E-state index contributed by atoms with van der Waals surface area (Å²) in [7, 11) is 1.68. The normalized spacial score (nSPS) is 11.4. The number of aromatic nitrogens is 2. The Labute approximate surface area is 115 Å². The van der Waals surface area contributed by atoms with Gasteiger partial charge in [0.1, 0.15) is 5.69 Å². The van der Waals surface area contributed by atoms with E-state index in [1.54, 1.807) is 25.2 Å². The largest absolute Gasteiger partial charge is 0.409 e. The number of rotatable bonds is 3. The molecule has 0 unspecified atom stereocenters. The van der Waals surface area contributed by atoms with Crippen molar-refractivity contribution in [2.75, 3.05) is 5.32 Å². The average Bonchev–Trinajstić information content (AvgIpc) is 2.84. The third kappa shape index (κ3) is 2.46. The van der Waals surface area contributed by atoms with E-state index in [2.05, 4.69) is 15.6 Å². The van der Waals surface area contributed by atoms with Gasteiger partial charge in [-0.3, -0.25) is 9.48 Å². The number of benzene rings is 1. The molecule has 0 aliphatic heterocycles. The maximum Gasteiger partial charge on any atom is 0.273 e.